The van der Waals surface area contributed by atoms with Crippen LogP contribution in [0.2, 0.25) is 0 Å². The maximum Gasteiger partial charge on any atom is 0.337 e. The van der Waals surface area contributed by atoms with E-state index in [2.05, 4.69) is 76.5 Å². The van der Waals surface area contributed by atoms with E-state index in [9.17, 15) is 9.59 Å². The number of urea groups is 1. The second kappa shape index (κ2) is 15.8. The monoisotopic (exact) mass is 773 g/mol. The molecule has 0 bridgehead atoms. The molecule has 5 fully saturated rings. The fraction of sp³-hybridized carbons (Fsp3) is 0.750. The first kappa shape index (κ1) is 41.5. The lowest BCUT2D eigenvalue weighted by atomic mass is 9.33. The number of nitrogens with one attached hydrogen (secondary N) is 1. The van der Waals surface area contributed by atoms with Crippen LogP contribution < -0.4 is 5.32 Å². The highest BCUT2D eigenvalue weighted by Gasteiger charge is 2.70. The normalized spacial score (nSPS) is 37.7. The molecule has 9 atom stereocenters. The first-order valence-corrected chi connectivity index (χ1v) is 22.0. The number of allylic oxidation sites excluding steroid dienone is 3. The molecule has 2 unspecified atom stereocenters. The van der Waals surface area contributed by atoms with Gasteiger partial charge < -0.3 is 29.2 Å². The fourth-order valence-corrected chi connectivity index (χ4v) is 14.4. The Bertz CT molecular complexity index is 1650. The van der Waals surface area contributed by atoms with Crippen molar-refractivity contribution in [2.75, 3.05) is 53.7 Å². The number of amides is 2. The molecule has 310 valence electrons. The minimum atomic E-state index is -0.287. The van der Waals surface area contributed by atoms with E-state index in [0.29, 0.717) is 61.6 Å². The van der Waals surface area contributed by atoms with E-state index in [4.69, 9.17) is 18.9 Å². The van der Waals surface area contributed by atoms with Gasteiger partial charge in [-0.05, 0) is 152 Å². The Hall–Kier alpha value is -2.68. The average Bonchev–Trinajstić information content (AvgIpc) is 3.56. The Morgan fingerprint density at radius 3 is 2.21 bits per heavy atom. The highest BCUT2D eigenvalue weighted by molar-refractivity contribution is 5.90. The summed E-state index contributed by atoms with van der Waals surface area (Å²) < 4.78 is 21.7. The lowest BCUT2D eigenvalue weighted by Gasteiger charge is -2.72. The van der Waals surface area contributed by atoms with E-state index >= 15 is 0 Å². The number of rotatable bonds is 11. The van der Waals surface area contributed by atoms with Crippen molar-refractivity contribution in [2.24, 2.45) is 51.2 Å². The van der Waals surface area contributed by atoms with Gasteiger partial charge in [0.1, 0.15) is 0 Å². The molecule has 1 aromatic rings. The Labute approximate surface area is 337 Å². The molecule has 1 heterocycles. The average molecular weight is 773 g/mol. The molecule has 0 spiro atoms. The summed E-state index contributed by atoms with van der Waals surface area (Å²) in [5.74, 6) is 2.36. The predicted molar refractivity (Wildman–Crippen MR) is 222 cm³/mol. The lowest BCUT2D eigenvalue weighted by molar-refractivity contribution is -0.218. The van der Waals surface area contributed by atoms with E-state index < -0.39 is 0 Å². The standard InChI is InChI=1S/C48H72N2O6/c1-32(2)36-16-23-48(49-43(52)50-26-19-35(20-27-50)56-31-30-55-29-28-53-8)25-24-46(6)38(41(36)48)14-15-40-45(5)21-17-37(33-10-12-34(13-11-33)42(51)54-9)44(3,4)39(45)18-22-47(40,46)7/h10-13,17,35-36,38-41H,1,14-16,18-31H2,2-9H3,(H,49,52)/t36-,38+,39-,40?,41?,45-,46+,47+,48-/m0/s1. The van der Waals surface area contributed by atoms with Crippen LogP contribution in [0.5, 0.6) is 0 Å². The van der Waals surface area contributed by atoms with Gasteiger partial charge in [-0.25, -0.2) is 9.59 Å². The van der Waals surface area contributed by atoms with Crippen molar-refractivity contribution in [2.45, 2.75) is 124 Å². The number of nitrogens with zero attached hydrogens (tertiary/aromatic N) is 1. The molecule has 1 aromatic carbocycles. The Morgan fingerprint density at radius 2 is 1.54 bits per heavy atom. The maximum atomic E-state index is 14.2. The summed E-state index contributed by atoms with van der Waals surface area (Å²) in [6, 6.07) is 8.20. The molecular weight excluding hydrogens is 701 g/mol. The van der Waals surface area contributed by atoms with Crippen LogP contribution in [-0.2, 0) is 18.9 Å². The molecule has 2 amide bonds. The highest BCUT2D eigenvalue weighted by atomic mass is 16.5. The van der Waals surface area contributed by atoms with Gasteiger partial charge in [-0.2, -0.15) is 0 Å². The molecule has 7 rings (SSSR count). The third-order valence-electron chi connectivity index (χ3n) is 17.4. The van der Waals surface area contributed by atoms with E-state index in [1.165, 1.54) is 55.9 Å². The van der Waals surface area contributed by atoms with Gasteiger partial charge in [0, 0.05) is 25.7 Å². The second-order valence-corrected chi connectivity index (χ2v) is 20.0. The number of methoxy groups -OCH3 is 2. The Morgan fingerprint density at radius 1 is 0.821 bits per heavy atom. The summed E-state index contributed by atoms with van der Waals surface area (Å²) in [6.07, 6.45) is 14.9. The Kier molecular flexibility index (Phi) is 11.7. The summed E-state index contributed by atoms with van der Waals surface area (Å²) in [4.78, 5) is 28.5. The van der Waals surface area contributed by atoms with Crippen molar-refractivity contribution in [3.8, 4) is 0 Å². The molecule has 1 N–H and O–H groups in total. The molecule has 1 aliphatic heterocycles. The molecule has 0 aromatic heterocycles. The van der Waals surface area contributed by atoms with E-state index in [0.717, 1.165) is 51.6 Å². The number of carbonyl (C=O) groups excluding carboxylic acids is 2. The smallest absolute Gasteiger partial charge is 0.337 e. The van der Waals surface area contributed by atoms with Crippen molar-refractivity contribution in [3.63, 3.8) is 0 Å². The van der Waals surface area contributed by atoms with E-state index in [1.807, 2.05) is 12.1 Å². The molecule has 4 saturated carbocycles. The number of esters is 1. The predicted octanol–water partition coefficient (Wildman–Crippen LogP) is 9.73. The molecule has 0 radical (unpaired) electrons. The van der Waals surface area contributed by atoms with Crippen LogP contribution in [0, 0.1) is 51.2 Å². The fourth-order valence-electron chi connectivity index (χ4n) is 14.4. The SMILES string of the molecule is C=C(C)[C@@H]1CC[C@]2(NC(=O)N3CCC(OCCOCCOC)CC3)CC[C@]3(C)[C@H](CCC4[C@@]5(C)CC=C(c6ccc(C(=O)OC)cc6)C(C)(C)[C@@H]5CC[C@]43C)C12. The second-order valence-electron chi connectivity index (χ2n) is 20.0. The molecule has 56 heavy (non-hydrogen) atoms. The van der Waals surface area contributed by atoms with Gasteiger partial charge in [-0.1, -0.05) is 65.0 Å². The zero-order valence-electron chi connectivity index (χ0n) is 36.0. The van der Waals surface area contributed by atoms with Crippen molar-refractivity contribution in [1.82, 2.24) is 10.2 Å². The van der Waals surface area contributed by atoms with Crippen LogP contribution in [0.1, 0.15) is 128 Å². The number of carbonyl (C=O) groups is 2. The zero-order chi connectivity index (χ0) is 40.1. The van der Waals surface area contributed by atoms with E-state index in [-0.39, 0.29) is 45.3 Å². The molecule has 1 saturated heterocycles. The van der Waals surface area contributed by atoms with Gasteiger partial charge in [-0.3, -0.25) is 0 Å². The largest absolute Gasteiger partial charge is 0.465 e. The van der Waals surface area contributed by atoms with Crippen LogP contribution in [0.4, 0.5) is 4.79 Å². The number of hydrogen-bond donors (Lipinski definition) is 1. The molecule has 8 heteroatoms. The molecule has 8 nitrogen and oxygen atoms in total. The number of hydrogen-bond acceptors (Lipinski definition) is 6. The minimum absolute atomic E-state index is 0.0143. The van der Waals surface area contributed by atoms with Crippen LogP contribution in [0.25, 0.3) is 5.57 Å². The number of likely N-dealkylation sites (tertiary alicyclic amines) is 1. The van der Waals surface area contributed by atoms with Crippen molar-refractivity contribution in [3.05, 3.63) is 53.6 Å². The Balaban J connectivity index is 1.07. The van der Waals surface area contributed by atoms with E-state index in [1.54, 1.807) is 7.11 Å². The number of ether oxygens (including phenoxy) is 4. The quantitative estimate of drug-likeness (QED) is 0.137. The first-order chi connectivity index (χ1) is 26.6. The third kappa shape index (κ3) is 6.89. The third-order valence-corrected chi connectivity index (χ3v) is 17.4. The van der Waals surface area contributed by atoms with Crippen molar-refractivity contribution < 1.29 is 28.5 Å². The van der Waals surface area contributed by atoms with Gasteiger partial charge in [0.2, 0.25) is 0 Å². The minimum Gasteiger partial charge on any atom is -0.465 e. The van der Waals surface area contributed by atoms with Crippen LogP contribution in [0.3, 0.4) is 0 Å². The zero-order valence-corrected chi connectivity index (χ0v) is 36.0. The van der Waals surface area contributed by atoms with Crippen LogP contribution in [0.15, 0.2) is 42.5 Å². The number of fused-ring (bicyclic) bond motifs is 7. The number of benzene rings is 1. The summed E-state index contributed by atoms with van der Waals surface area (Å²) in [5, 5.41) is 3.81. The number of piperidine rings is 1. The highest BCUT2D eigenvalue weighted by Crippen LogP contribution is 2.76. The van der Waals surface area contributed by atoms with Gasteiger partial charge in [0.15, 0.2) is 0 Å². The topological polar surface area (TPSA) is 86.3 Å². The molecule has 5 aliphatic carbocycles. The van der Waals surface area contributed by atoms with Crippen LogP contribution >= 0.6 is 0 Å². The summed E-state index contributed by atoms with van der Waals surface area (Å²) in [6.45, 7) is 23.6. The summed E-state index contributed by atoms with van der Waals surface area (Å²) >= 11 is 0. The van der Waals surface area contributed by atoms with Crippen molar-refractivity contribution >= 4 is 17.6 Å². The van der Waals surface area contributed by atoms with Gasteiger partial charge >= 0.3 is 12.0 Å². The molecule has 6 aliphatic rings. The van der Waals surface area contributed by atoms with Gasteiger partial charge in [0.25, 0.3) is 0 Å². The van der Waals surface area contributed by atoms with Crippen molar-refractivity contribution in [1.29, 1.82) is 0 Å². The van der Waals surface area contributed by atoms with Gasteiger partial charge in [0.05, 0.1) is 45.2 Å². The van der Waals surface area contributed by atoms with Gasteiger partial charge in [-0.15, -0.1) is 0 Å². The maximum absolute atomic E-state index is 14.2. The lowest BCUT2D eigenvalue weighted by Crippen LogP contribution is -2.69. The van der Waals surface area contributed by atoms with Crippen LogP contribution in [-0.4, -0.2) is 82.3 Å². The summed E-state index contributed by atoms with van der Waals surface area (Å²) in [7, 11) is 3.12. The summed E-state index contributed by atoms with van der Waals surface area (Å²) in [5.41, 5.74) is 5.02. The first-order valence-electron chi connectivity index (χ1n) is 22.0. The molecular formula is C48H72N2O6.